The van der Waals surface area contributed by atoms with Gasteiger partial charge in [0.25, 0.3) is 0 Å². The van der Waals surface area contributed by atoms with Crippen LogP contribution < -0.4 is 0 Å². The molecule has 0 saturated carbocycles. The molecule has 0 N–H and O–H groups in total. The lowest BCUT2D eigenvalue weighted by Gasteiger charge is -2.51. The molecular weight excluding hydrogens is 347 g/mol. The van der Waals surface area contributed by atoms with Crippen molar-refractivity contribution in [3.05, 3.63) is 0 Å². The maximum atomic E-state index is 12.9. The van der Waals surface area contributed by atoms with Gasteiger partial charge < -0.3 is 0 Å². The molecule has 0 radical (unpaired) electrons. The van der Waals surface area contributed by atoms with Gasteiger partial charge in [-0.15, -0.1) is 10.1 Å². The van der Waals surface area contributed by atoms with Crippen LogP contribution in [0.15, 0.2) is 0 Å². The second kappa shape index (κ2) is 7.08. The zero-order chi connectivity index (χ0) is 20.1. The number of piperidine rings is 2. The van der Waals surface area contributed by atoms with Crippen molar-refractivity contribution in [3.8, 4) is 0 Å². The number of nitrogens with zero attached hydrogens (tertiary/aromatic N) is 2. The summed E-state index contributed by atoms with van der Waals surface area (Å²) in [6.07, 6.45) is 4.05. The van der Waals surface area contributed by atoms with Crippen molar-refractivity contribution in [2.24, 2.45) is 11.8 Å². The summed E-state index contributed by atoms with van der Waals surface area (Å²) in [6.45, 7) is 21.8. The Morgan fingerprint density at radius 2 is 0.885 bits per heavy atom. The molecule has 2 aliphatic rings. The highest BCUT2D eigenvalue weighted by Crippen LogP contribution is 2.48. The van der Waals surface area contributed by atoms with Crippen LogP contribution in [0.25, 0.3) is 0 Å². The first-order valence-corrected chi connectivity index (χ1v) is 11.1. The largest absolute Gasteiger partial charge is 0.735 e. The van der Waals surface area contributed by atoms with Crippen LogP contribution in [-0.4, -0.2) is 32.3 Å². The van der Waals surface area contributed by atoms with E-state index in [9.17, 15) is 4.57 Å². The minimum Gasteiger partial charge on any atom is -0.125 e. The average Bonchev–Trinajstić information content (AvgIpc) is 2.35. The van der Waals surface area contributed by atoms with Gasteiger partial charge in [-0.3, -0.25) is 0 Å². The molecule has 5 nitrogen and oxygen atoms in total. The van der Waals surface area contributed by atoms with Gasteiger partial charge in [-0.2, -0.15) is 0 Å². The van der Waals surface area contributed by atoms with E-state index in [1.165, 1.54) is 0 Å². The zero-order valence-electron chi connectivity index (χ0n) is 18.5. The summed E-state index contributed by atoms with van der Waals surface area (Å²) in [5.41, 5.74) is -0.734. The van der Waals surface area contributed by atoms with E-state index in [0.717, 1.165) is 25.7 Å². The van der Waals surface area contributed by atoms with E-state index in [-0.39, 0.29) is 22.2 Å². The lowest BCUT2D eigenvalue weighted by Crippen LogP contribution is -2.60. The molecule has 0 aromatic rings. The molecule has 0 bridgehead atoms. The third kappa shape index (κ3) is 4.67. The van der Waals surface area contributed by atoms with Gasteiger partial charge in [-0.1, -0.05) is 13.8 Å². The molecule has 0 aliphatic carbocycles. The van der Waals surface area contributed by atoms with Gasteiger partial charge in [0.05, 0.1) is 0 Å². The Bertz CT molecular complexity index is 463. The third-order valence-corrected chi connectivity index (χ3v) is 6.48. The Morgan fingerprint density at radius 1 is 0.654 bits per heavy atom. The summed E-state index contributed by atoms with van der Waals surface area (Å²) in [4.78, 5) is 0. The Kier molecular flexibility index (Phi) is 6.05. The van der Waals surface area contributed by atoms with Crippen LogP contribution in [0.2, 0.25) is 0 Å². The fourth-order valence-electron chi connectivity index (χ4n) is 6.12. The fraction of sp³-hybridized carbons (Fsp3) is 1.00. The molecule has 0 spiro atoms. The van der Waals surface area contributed by atoms with E-state index in [1.54, 1.807) is 0 Å². The highest BCUT2D eigenvalue weighted by Gasteiger charge is 2.54. The smallest absolute Gasteiger partial charge is 0.125 e. The molecule has 2 saturated heterocycles. The van der Waals surface area contributed by atoms with Crippen molar-refractivity contribution in [1.29, 1.82) is 0 Å². The van der Waals surface area contributed by atoms with Crippen LogP contribution in [0.5, 0.6) is 0 Å². The molecular formula is C20H40N2O3P+. The van der Waals surface area contributed by atoms with Crippen molar-refractivity contribution in [1.82, 2.24) is 10.1 Å². The number of hydrogen-bond acceptors (Lipinski definition) is 5. The first-order chi connectivity index (χ1) is 11.6. The van der Waals surface area contributed by atoms with E-state index in [0.29, 0.717) is 11.8 Å². The Labute approximate surface area is 161 Å². The number of hydroxylamine groups is 4. The molecule has 2 heterocycles. The highest BCUT2D eigenvalue weighted by molar-refractivity contribution is 7.33. The Balaban J connectivity index is 2.14. The van der Waals surface area contributed by atoms with E-state index in [1.807, 2.05) is 10.1 Å². The van der Waals surface area contributed by atoms with E-state index < -0.39 is 8.25 Å². The lowest BCUT2D eigenvalue weighted by molar-refractivity contribution is -0.261. The van der Waals surface area contributed by atoms with E-state index >= 15 is 0 Å². The van der Waals surface area contributed by atoms with Gasteiger partial charge >= 0.3 is 8.25 Å². The van der Waals surface area contributed by atoms with Gasteiger partial charge in [-0.25, -0.2) is 0 Å². The van der Waals surface area contributed by atoms with Crippen LogP contribution >= 0.6 is 8.25 Å². The van der Waals surface area contributed by atoms with Crippen molar-refractivity contribution >= 4 is 8.25 Å². The molecule has 2 aliphatic heterocycles. The highest BCUT2D eigenvalue weighted by atomic mass is 31.1. The van der Waals surface area contributed by atoms with Crippen molar-refractivity contribution in [3.63, 3.8) is 0 Å². The average molecular weight is 388 g/mol. The summed E-state index contributed by atoms with van der Waals surface area (Å²) in [5, 5.41) is 3.84. The minimum absolute atomic E-state index is 0.184. The molecule has 152 valence electrons. The number of rotatable bonds is 4. The molecule has 6 heteroatoms. The molecule has 0 amide bonds. The van der Waals surface area contributed by atoms with Gasteiger partial charge in [0.15, 0.2) is 0 Å². The first kappa shape index (κ1) is 22.2. The maximum Gasteiger partial charge on any atom is 0.735 e. The Morgan fingerprint density at radius 3 is 1.12 bits per heavy atom. The summed E-state index contributed by atoms with van der Waals surface area (Å²) in [6, 6.07) is 0. The van der Waals surface area contributed by atoms with Crippen LogP contribution in [0.4, 0.5) is 0 Å². The fourth-order valence-corrected chi connectivity index (χ4v) is 7.30. The summed E-state index contributed by atoms with van der Waals surface area (Å²) >= 11 is 0. The van der Waals surface area contributed by atoms with Gasteiger partial charge in [0.1, 0.15) is 0 Å². The monoisotopic (exact) mass is 387 g/mol. The predicted molar refractivity (Wildman–Crippen MR) is 107 cm³/mol. The quantitative estimate of drug-likeness (QED) is 0.546. The molecule has 0 unspecified atom stereocenters. The third-order valence-electron chi connectivity index (χ3n) is 5.89. The zero-order valence-corrected chi connectivity index (χ0v) is 19.4. The Hall–Kier alpha value is -0.0600. The maximum absolute atomic E-state index is 12.9. The SMILES string of the molecule is CC1CC(C)(C)N(O[P+](=O)ON2C(C)(C)CC(C)CC2(C)C)C(C)(C)C1. The van der Waals surface area contributed by atoms with E-state index in [2.05, 4.69) is 69.2 Å². The second-order valence-corrected chi connectivity index (χ2v) is 12.0. The van der Waals surface area contributed by atoms with Crippen molar-refractivity contribution in [2.75, 3.05) is 0 Å². The summed E-state index contributed by atoms with van der Waals surface area (Å²) < 4.78 is 24.8. The van der Waals surface area contributed by atoms with Gasteiger partial charge in [0, 0.05) is 26.7 Å². The number of hydrogen-bond donors (Lipinski definition) is 0. The first-order valence-electron chi connectivity index (χ1n) is 10.0. The minimum atomic E-state index is -2.29. The summed E-state index contributed by atoms with van der Waals surface area (Å²) in [7, 11) is -2.29. The van der Waals surface area contributed by atoms with E-state index in [4.69, 9.17) is 9.25 Å². The van der Waals surface area contributed by atoms with Gasteiger partial charge in [-0.05, 0) is 102 Å². The summed E-state index contributed by atoms with van der Waals surface area (Å²) in [5.74, 6) is 1.22. The van der Waals surface area contributed by atoms with Crippen LogP contribution in [0, 0.1) is 11.8 Å². The van der Waals surface area contributed by atoms with Gasteiger partial charge in [0.2, 0.25) is 0 Å². The topological polar surface area (TPSA) is 42.0 Å². The molecule has 26 heavy (non-hydrogen) atoms. The van der Waals surface area contributed by atoms with Crippen molar-refractivity contribution in [2.45, 2.75) is 117 Å². The molecule has 0 atom stereocenters. The standard InChI is InChI=1S/C20H40N2O3P/c1-15-11-17(3,4)21(18(5,6)12-15)24-26(23)25-22-19(7,8)13-16(2)14-20(22,9)10/h15-16H,11-14H2,1-10H3/q+1. The lowest BCUT2D eigenvalue weighted by atomic mass is 9.76. The molecule has 0 aromatic carbocycles. The molecule has 2 rings (SSSR count). The van der Waals surface area contributed by atoms with Crippen LogP contribution in [0.1, 0.15) is 94.9 Å². The second-order valence-electron chi connectivity index (χ2n) is 11.3. The normalized spacial score (nSPS) is 29.6. The molecule has 0 aromatic heterocycles. The van der Waals surface area contributed by atoms with Crippen LogP contribution in [-0.2, 0) is 13.8 Å². The molecule has 2 fully saturated rings. The van der Waals surface area contributed by atoms with Crippen molar-refractivity contribution < 1.29 is 13.8 Å². The van der Waals surface area contributed by atoms with Crippen LogP contribution in [0.3, 0.4) is 0 Å². The predicted octanol–water partition coefficient (Wildman–Crippen LogP) is 6.09.